The van der Waals surface area contributed by atoms with Gasteiger partial charge in [0.15, 0.2) is 0 Å². The van der Waals surface area contributed by atoms with Crippen LogP contribution in [0.1, 0.15) is 0 Å². The third kappa shape index (κ3) is 4.10. The highest BCUT2D eigenvalue weighted by molar-refractivity contribution is 6.22. The Morgan fingerprint density at radius 3 is 1.29 bits per heavy atom. The monoisotopic (exact) mass is 606 g/mol. The molecule has 10 aromatic rings. The van der Waals surface area contributed by atoms with Gasteiger partial charge in [-0.2, -0.15) is 0 Å². The molecule has 0 heterocycles. The van der Waals surface area contributed by atoms with E-state index >= 15 is 0 Å². The lowest BCUT2D eigenvalue weighted by Crippen LogP contribution is -1.91. The Kier molecular flexibility index (Phi) is 5.98. The Morgan fingerprint density at radius 2 is 0.646 bits per heavy atom. The lowest BCUT2D eigenvalue weighted by molar-refractivity contribution is 1.64. The fourth-order valence-electron chi connectivity index (χ4n) is 8.04. The standard InChI is InChI=1S/C48H30/c1-3-15-37-32(12-1)27-28-41-39(21-10-22-40(37)41)34-13-9-14-35(29-34)47-42-17-5-7-19-44(42)48(45-20-8-6-18-43(45)47)36-26-25-33-24-23-31-11-2-4-16-38(31)46(33)30-36/h1-30H. The van der Waals surface area contributed by atoms with Crippen molar-refractivity contribution in [2.24, 2.45) is 0 Å². The van der Waals surface area contributed by atoms with E-state index in [4.69, 9.17) is 0 Å². The maximum Gasteiger partial charge on any atom is -0.00261 e. The average Bonchev–Trinajstić information content (AvgIpc) is 3.16. The lowest BCUT2D eigenvalue weighted by Gasteiger charge is -2.19. The molecule has 222 valence electrons. The molecular weight excluding hydrogens is 577 g/mol. The molecule has 0 heteroatoms. The first-order chi connectivity index (χ1) is 23.8. The lowest BCUT2D eigenvalue weighted by atomic mass is 9.84. The molecule has 10 rings (SSSR count). The quantitative estimate of drug-likeness (QED) is 0.139. The van der Waals surface area contributed by atoms with Crippen molar-refractivity contribution in [3.8, 4) is 33.4 Å². The van der Waals surface area contributed by atoms with Crippen LogP contribution in [0.2, 0.25) is 0 Å². The highest BCUT2D eigenvalue weighted by Crippen LogP contribution is 2.45. The third-order valence-corrected chi connectivity index (χ3v) is 10.2. The van der Waals surface area contributed by atoms with Gasteiger partial charge in [0.25, 0.3) is 0 Å². The van der Waals surface area contributed by atoms with Gasteiger partial charge >= 0.3 is 0 Å². The topological polar surface area (TPSA) is 0 Å². The minimum absolute atomic E-state index is 1.23. The number of rotatable bonds is 3. The Balaban J connectivity index is 1.22. The van der Waals surface area contributed by atoms with Crippen LogP contribution in [-0.2, 0) is 0 Å². The second-order valence-electron chi connectivity index (χ2n) is 12.8. The largest absolute Gasteiger partial charge is 0.0616 e. The van der Waals surface area contributed by atoms with E-state index in [-0.39, 0.29) is 0 Å². The molecule has 10 aromatic carbocycles. The number of benzene rings is 10. The van der Waals surface area contributed by atoms with E-state index in [2.05, 4.69) is 182 Å². The Bertz CT molecular complexity index is 2830. The summed E-state index contributed by atoms with van der Waals surface area (Å²) in [6.45, 7) is 0. The first-order valence-corrected chi connectivity index (χ1v) is 16.7. The molecule has 0 fully saturated rings. The van der Waals surface area contributed by atoms with Gasteiger partial charge in [0, 0.05) is 0 Å². The summed E-state index contributed by atoms with van der Waals surface area (Å²) in [6, 6.07) is 67.1. The van der Waals surface area contributed by atoms with Crippen molar-refractivity contribution in [2.45, 2.75) is 0 Å². The van der Waals surface area contributed by atoms with E-state index in [1.54, 1.807) is 0 Å². The highest BCUT2D eigenvalue weighted by Gasteiger charge is 2.18. The van der Waals surface area contributed by atoms with Gasteiger partial charge in [-0.15, -0.1) is 0 Å². The van der Waals surface area contributed by atoms with Crippen molar-refractivity contribution in [1.82, 2.24) is 0 Å². The fraction of sp³-hybridized carbons (Fsp3) is 0. The van der Waals surface area contributed by atoms with E-state index in [9.17, 15) is 0 Å². The van der Waals surface area contributed by atoms with Gasteiger partial charge in [0.05, 0.1) is 0 Å². The van der Waals surface area contributed by atoms with Crippen molar-refractivity contribution < 1.29 is 0 Å². The second kappa shape index (κ2) is 10.7. The van der Waals surface area contributed by atoms with Crippen LogP contribution in [0.15, 0.2) is 182 Å². The van der Waals surface area contributed by atoms with E-state index < -0.39 is 0 Å². The van der Waals surface area contributed by atoms with Crippen LogP contribution in [0.4, 0.5) is 0 Å². The van der Waals surface area contributed by atoms with Crippen LogP contribution >= 0.6 is 0 Å². The van der Waals surface area contributed by atoms with Crippen LogP contribution in [0.5, 0.6) is 0 Å². The molecule has 0 amide bonds. The molecule has 0 radical (unpaired) electrons. The summed E-state index contributed by atoms with van der Waals surface area (Å²) in [7, 11) is 0. The first kappa shape index (κ1) is 26.9. The van der Waals surface area contributed by atoms with Gasteiger partial charge in [0.2, 0.25) is 0 Å². The zero-order chi connectivity index (χ0) is 31.6. The van der Waals surface area contributed by atoms with Crippen molar-refractivity contribution in [2.75, 3.05) is 0 Å². The Labute approximate surface area is 279 Å². The number of hydrogen-bond donors (Lipinski definition) is 0. The van der Waals surface area contributed by atoms with Crippen LogP contribution in [-0.4, -0.2) is 0 Å². The number of fused-ring (bicyclic) bond motifs is 8. The summed E-state index contributed by atoms with van der Waals surface area (Å²) in [5, 5.41) is 15.3. The van der Waals surface area contributed by atoms with E-state index in [0.29, 0.717) is 0 Å². The molecule has 0 aromatic heterocycles. The van der Waals surface area contributed by atoms with Crippen LogP contribution in [0, 0.1) is 0 Å². The van der Waals surface area contributed by atoms with Crippen LogP contribution in [0.3, 0.4) is 0 Å². The Hall–Kier alpha value is -6.24. The fourth-order valence-corrected chi connectivity index (χ4v) is 8.04. The van der Waals surface area contributed by atoms with Crippen molar-refractivity contribution in [1.29, 1.82) is 0 Å². The predicted octanol–water partition coefficient (Wildman–Crippen LogP) is 13.6. The zero-order valence-corrected chi connectivity index (χ0v) is 26.3. The second-order valence-corrected chi connectivity index (χ2v) is 12.8. The first-order valence-electron chi connectivity index (χ1n) is 16.7. The summed E-state index contributed by atoms with van der Waals surface area (Å²) in [5.41, 5.74) is 7.53. The summed E-state index contributed by atoms with van der Waals surface area (Å²) in [6.07, 6.45) is 0. The minimum Gasteiger partial charge on any atom is -0.0616 e. The zero-order valence-electron chi connectivity index (χ0n) is 26.3. The molecule has 0 aliphatic carbocycles. The van der Waals surface area contributed by atoms with Gasteiger partial charge in [-0.3, -0.25) is 0 Å². The van der Waals surface area contributed by atoms with Crippen molar-refractivity contribution in [3.05, 3.63) is 182 Å². The van der Waals surface area contributed by atoms with Crippen LogP contribution in [0.25, 0.3) is 98.0 Å². The van der Waals surface area contributed by atoms with E-state index in [0.717, 1.165) is 0 Å². The predicted molar refractivity (Wildman–Crippen MR) is 208 cm³/mol. The molecule has 0 aliphatic heterocycles. The molecule has 0 spiro atoms. The maximum absolute atomic E-state index is 2.40. The summed E-state index contributed by atoms with van der Waals surface area (Å²) < 4.78 is 0. The highest BCUT2D eigenvalue weighted by atomic mass is 14.2. The normalized spacial score (nSPS) is 11.8. The molecule has 0 atom stereocenters. The average molecular weight is 607 g/mol. The minimum atomic E-state index is 1.23. The third-order valence-electron chi connectivity index (χ3n) is 10.2. The molecule has 0 nitrogen and oxygen atoms in total. The summed E-state index contributed by atoms with van der Waals surface area (Å²) in [4.78, 5) is 0. The van der Waals surface area contributed by atoms with Gasteiger partial charge in [-0.05, 0) is 110 Å². The smallest absolute Gasteiger partial charge is 0.00261 e. The molecule has 0 bridgehead atoms. The number of hydrogen-bond acceptors (Lipinski definition) is 0. The van der Waals surface area contributed by atoms with Gasteiger partial charge in [0.1, 0.15) is 0 Å². The summed E-state index contributed by atoms with van der Waals surface area (Å²) in [5.74, 6) is 0. The van der Waals surface area contributed by atoms with E-state index in [1.807, 2.05) is 0 Å². The Morgan fingerprint density at radius 1 is 0.208 bits per heavy atom. The molecule has 48 heavy (non-hydrogen) atoms. The van der Waals surface area contributed by atoms with Crippen molar-refractivity contribution >= 4 is 64.6 Å². The molecule has 0 saturated carbocycles. The van der Waals surface area contributed by atoms with Crippen LogP contribution < -0.4 is 0 Å². The summed E-state index contributed by atoms with van der Waals surface area (Å²) >= 11 is 0. The molecule has 0 saturated heterocycles. The van der Waals surface area contributed by atoms with E-state index in [1.165, 1.54) is 98.0 Å². The van der Waals surface area contributed by atoms with Gasteiger partial charge in [-0.1, -0.05) is 170 Å². The molecular formula is C48H30. The van der Waals surface area contributed by atoms with Gasteiger partial charge < -0.3 is 0 Å². The maximum atomic E-state index is 2.40. The van der Waals surface area contributed by atoms with Gasteiger partial charge in [-0.25, -0.2) is 0 Å². The molecule has 0 unspecified atom stereocenters. The molecule has 0 aliphatic rings. The molecule has 0 N–H and O–H groups in total. The SMILES string of the molecule is c1cc(-c2c3ccccc3c(-c3ccc4ccc5ccccc5c4c3)c3ccccc23)cc(-c2cccc3c2ccc2ccccc23)c1. The van der Waals surface area contributed by atoms with Crippen molar-refractivity contribution in [3.63, 3.8) is 0 Å².